The Labute approximate surface area is 93.4 Å². The minimum Gasteiger partial charge on any atom is -0.477 e. The van der Waals surface area contributed by atoms with Crippen molar-refractivity contribution >= 4 is 17.6 Å². The molecule has 1 aromatic rings. The third-order valence-electron chi connectivity index (χ3n) is 1.71. The molecule has 0 bridgehead atoms. The molecule has 0 atom stereocenters. The number of aliphatic carboxylic acids is 1. The highest BCUT2D eigenvalue weighted by atomic mass is 19.4. The van der Waals surface area contributed by atoms with Crippen molar-refractivity contribution in [2.24, 2.45) is 4.99 Å². The first-order valence-corrected chi connectivity index (χ1v) is 4.31. The van der Waals surface area contributed by atoms with E-state index in [4.69, 9.17) is 5.11 Å². The van der Waals surface area contributed by atoms with Gasteiger partial charge in [-0.1, -0.05) is 18.2 Å². The summed E-state index contributed by atoms with van der Waals surface area (Å²) in [5.41, 5.74) is -2.25. The first-order valence-electron chi connectivity index (χ1n) is 4.31. The van der Waals surface area contributed by atoms with Crippen LogP contribution in [0.4, 0.5) is 13.2 Å². The second-order valence-electron chi connectivity index (χ2n) is 2.93. The lowest BCUT2D eigenvalue weighted by Gasteiger charge is -2.05. The average molecular weight is 245 g/mol. The molecule has 0 aromatic heterocycles. The van der Waals surface area contributed by atoms with Gasteiger partial charge in [0.1, 0.15) is 0 Å². The maximum atomic E-state index is 12.2. The molecule has 0 radical (unpaired) electrons. The van der Waals surface area contributed by atoms with Gasteiger partial charge in [-0.15, -0.1) is 0 Å². The van der Waals surface area contributed by atoms with Gasteiger partial charge in [-0.2, -0.15) is 18.2 Å². The van der Waals surface area contributed by atoms with Gasteiger partial charge in [-0.3, -0.25) is 4.79 Å². The summed E-state index contributed by atoms with van der Waals surface area (Å²) in [6.07, 6.45) is -5.17. The van der Waals surface area contributed by atoms with E-state index in [2.05, 4.69) is 4.99 Å². The minimum absolute atomic E-state index is 0.115. The summed E-state index contributed by atoms with van der Waals surface area (Å²) in [7, 11) is 0. The number of alkyl halides is 3. The van der Waals surface area contributed by atoms with Crippen molar-refractivity contribution in [3.05, 3.63) is 35.9 Å². The lowest BCUT2D eigenvalue weighted by Crippen LogP contribution is -2.31. The second-order valence-corrected chi connectivity index (χ2v) is 2.93. The minimum atomic E-state index is -5.17. The average Bonchev–Trinajstić information content (AvgIpc) is 2.24. The van der Waals surface area contributed by atoms with Gasteiger partial charge >= 0.3 is 12.1 Å². The summed E-state index contributed by atoms with van der Waals surface area (Å²) in [6.45, 7) is 0. The first-order chi connectivity index (χ1) is 7.82. The van der Waals surface area contributed by atoms with Crippen LogP contribution in [0.2, 0.25) is 0 Å². The van der Waals surface area contributed by atoms with Crippen LogP contribution in [0.1, 0.15) is 10.4 Å². The van der Waals surface area contributed by atoms with Gasteiger partial charge in [-0.05, 0) is 12.1 Å². The highest BCUT2D eigenvalue weighted by Crippen LogP contribution is 2.18. The topological polar surface area (TPSA) is 66.7 Å². The quantitative estimate of drug-likeness (QED) is 0.809. The molecule has 0 aliphatic carbocycles. The number of halogens is 3. The van der Waals surface area contributed by atoms with Crippen molar-refractivity contribution in [1.82, 2.24) is 0 Å². The first kappa shape index (κ1) is 12.9. The van der Waals surface area contributed by atoms with E-state index in [-0.39, 0.29) is 5.56 Å². The predicted molar refractivity (Wildman–Crippen MR) is 51.9 cm³/mol. The number of carboxylic acid groups (broad SMARTS) is 1. The van der Waals surface area contributed by atoms with E-state index in [1.807, 2.05) is 0 Å². The molecule has 0 saturated heterocycles. The third-order valence-corrected chi connectivity index (χ3v) is 1.71. The van der Waals surface area contributed by atoms with E-state index in [0.29, 0.717) is 0 Å². The number of hydrogen-bond donors (Lipinski definition) is 1. The highest BCUT2D eigenvalue weighted by Gasteiger charge is 2.41. The van der Waals surface area contributed by atoms with Crippen molar-refractivity contribution in [3.8, 4) is 0 Å². The highest BCUT2D eigenvalue weighted by molar-refractivity contribution is 6.40. The van der Waals surface area contributed by atoms with Crippen LogP contribution < -0.4 is 0 Å². The number of amides is 1. The van der Waals surface area contributed by atoms with Crippen molar-refractivity contribution in [2.45, 2.75) is 6.18 Å². The van der Waals surface area contributed by atoms with E-state index < -0.39 is 23.8 Å². The predicted octanol–water partition coefficient (Wildman–Crippen LogP) is 1.91. The molecule has 0 heterocycles. The van der Waals surface area contributed by atoms with Gasteiger partial charge in [0, 0.05) is 5.56 Å². The largest absolute Gasteiger partial charge is 0.477 e. The van der Waals surface area contributed by atoms with Crippen LogP contribution >= 0.6 is 0 Å². The Bertz CT molecular complexity index is 465. The molecule has 0 unspecified atom stereocenters. The van der Waals surface area contributed by atoms with Crippen LogP contribution in [0.5, 0.6) is 0 Å². The molecule has 0 aliphatic heterocycles. The number of hydrogen-bond acceptors (Lipinski definition) is 2. The van der Waals surface area contributed by atoms with E-state index >= 15 is 0 Å². The Morgan fingerprint density at radius 2 is 1.65 bits per heavy atom. The molecule has 4 nitrogen and oxygen atoms in total. The molecule has 0 spiro atoms. The number of aliphatic imine (C=N–C) groups is 1. The molecule has 0 saturated carbocycles. The molecule has 1 aromatic carbocycles. The van der Waals surface area contributed by atoms with Crippen LogP contribution in [0.15, 0.2) is 35.3 Å². The number of benzene rings is 1. The zero-order chi connectivity index (χ0) is 13.1. The van der Waals surface area contributed by atoms with E-state index in [9.17, 15) is 22.8 Å². The maximum Gasteiger partial charge on any atom is 0.440 e. The van der Waals surface area contributed by atoms with Gasteiger partial charge in [0.05, 0.1) is 0 Å². The summed E-state index contributed by atoms with van der Waals surface area (Å²) in [5.74, 6) is -3.54. The summed E-state index contributed by atoms with van der Waals surface area (Å²) in [4.78, 5) is 24.1. The fourth-order valence-electron chi connectivity index (χ4n) is 0.979. The Morgan fingerprint density at radius 3 is 2.06 bits per heavy atom. The normalized spacial score (nSPS) is 12.3. The molecular formula is C10H6F3NO3. The smallest absolute Gasteiger partial charge is 0.440 e. The SMILES string of the molecule is O=C(O)C(=NC(=O)c1ccccc1)C(F)(F)F. The lowest BCUT2D eigenvalue weighted by atomic mass is 10.2. The lowest BCUT2D eigenvalue weighted by molar-refractivity contribution is -0.133. The molecule has 1 rings (SSSR count). The van der Waals surface area contributed by atoms with Crippen LogP contribution in [0.3, 0.4) is 0 Å². The van der Waals surface area contributed by atoms with Gasteiger partial charge in [0.25, 0.3) is 5.91 Å². The number of nitrogens with zero attached hydrogens (tertiary/aromatic N) is 1. The van der Waals surface area contributed by atoms with Crippen molar-refractivity contribution in [1.29, 1.82) is 0 Å². The summed E-state index contributed by atoms with van der Waals surface area (Å²) in [5, 5.41) is 8.30. The zero-order valence-electron chi connectivity index (χ0n) is 8.23. The van der Waals surface area contributed by atoms with Gasteiger partial charge in [0.2, 0.25) is 5.71 Å². The molecule has 7 heteroatoms. The van der Waals surface area contributed by atoms with Crippen molar-refractivity contribution in [3.63, 3.8) is 0 Å². The van der Waals surface area contributed by atoms with Crippen LogP contribution in [0, 0.1) is 0 Å². The maximum absolute atomic E-state index is 12.2. The molecular weight excluding hydrogens is 239 g/mol. The van der Waals surface area contributed by atoms with Crippen LogP contribution in [0.25, 0.3) is 0 Å². The standard InChI is InChI=1S/C10H6F3NO3/c11-10(12,13)7(9(16)17)14-8(15)6-4-2-1-3-5-6/h1-5H,(H,16,17). The molecule has 90 valence electrons. The van der Waals surface area contributed by atoms with Gasteiger partial charge < -0.3 is 5.11 Å². The number of rotatable bonds is 2. The van der Waals surface area contributed by atoms with E-state index in [1.54, 1.807) is 6.07 Å². The Hall–Kier alpha value is -2.18. The Balaban J connectivity index is 3.09. The van der Waals surface area contributed by atoms with Crippen molar-refractivity contribution < 1.29 is 27.9 Å². The monoisotopic (exact) mass is 245 g/mol. The molecule has 0 fully saturated rings. The summed E-state index contributed by atoms with van der Waals surface area (Å²) < 4.78 is 36.5. The van der Waals surface area contributed by atoms with Gasteiger partial charge in [0.15, 0.2) is 0 Å². The number of carbonyl (C=O) groups is 2. The van der Waals surface area contributed by atoms with Crippen LogP contribution in [-0.4, -0.2) is 28.9 Å². The zero-order valence-corrected chi connectivity index (χ0v) is 8.23. The third kappa shape index (κ3) is 3.40. The Kier molecular flexibility index (Phi) is 3.62. The van der Waals surface area contributed by atoms with Crippen LogP contribution in [-0.2, 0) is 4.79 Å². The summed E-state index contributed by atoms with van der Waals surface area (Å²) in [6, 6.07) is 6.89. The molecule has 0 aliphatic rings. The van der Waals surface area contributed by atoms with Gasteiger partial charge in [-0.25, -0.2) is 4.79 Å². The Morgan fingerprint density at radius 1 is 1.12 bits per heavy atom. The van der Waals surface area contributed by atoms with E-state index in [1.165, 1.54) is 24.3 Å². The fourth-order valence-corrected chi connectivity index (χ4v) is 0.979. The second kappa shape index (κ2) is 4.77. The molecule has 1 N–H and O–H groups in total. The van der Waals surface area contributed by atoms with E-state index in [0.717, 1.165) is 0 Å². The molecule has 1 amide bonds. The summed E-state index contributed by atoms with van der Waals surface area (Å²) >= 11 is 0. The number of carbonyl (C=O) groups excluding carboxylic acids is 1. The van der Waals surface area contributed by atoms with Crippen molar-refractivity contribution in [2.75, 3.05) is 0 Å². The number of carboxylic acids is 1. The fraction of sp³-hybridized carbons (Fsp3) is 0.100. The molecule has 17 heavy (non-hydrogen) atoms.